The van der Waals surface area contributed by atoms with Gasteiger partial charge in [0.1, 0.15) is 0 Å². The molecule has 0 radical (unpaired) electrons. The molecule has 0 saturated carbocycles. The van der Waals surface area contributed by atoms with Crippen LogP contribution in [0.3, 0.4) is 0 Å². The standard InChI is InChI=1S/C30H45N/c1-3-4-5-6-7-8-9-10-11-12-13-14-15-16-17-28-22-24-30(25-23-28)31-26-29-20-18-27(2)19-21-29/h18-26H,3-17H2,1-2H3. The van der Waals surface area contributed by atoms with Crippen LogP contribution in [0.4, 0.5) is 5.69 Å². The zero-order chi connectivity index (χ0) is 22.0. The van der Waals surface area contributed by atoms with Crippen LogP contribution in [0.1, 0.15) is 114 Å². The van der Waals surface area contributed by atoms with Gasteiger partial charge >= 0.3 is 0 Å². The fourth-order valence-corrected chi connectivity index (χ4v) is 4.07. The summed E-state index contributed by atoms with van der Waals surface area (Å²) in [6, 6.07) is 17.2. The third-order valence-electron chi connectivity index (χ3n) is 6.20. The normalized spacial score (nSPS) is 11.4. The number of benzene rings is 2. The van der Waals surface area contributed by atoms with Crippen LogP contribution >= 0.6 is 0 Å². The number of unbranched alkanes of at least 4 members (excludes halogenated alkanes) is 13. The number of rotatable bonds is 17. The van der Waals surface area contributed by atoms with Crippen molar-refractivity contribution in [3.05, 3.63) is 65.2 Å². The van der Waals surface area contributed by atoms with Gasteiger partial charge in [-0.3, -0.25) is 4.99 Å². The van der Waals surface area contributed by atoms with E-state index in [1.165, 1.54) is 107 Å². The summed E-state index contributed by atoms with van der Waals surface area (Å²) in [5, 5.41) is 0. The van der Waals surface area contributed by atoms with Crippen LogP contribution in [0, 0.1) is 6.92 Å². The highest BCUT2D eigenvalue weighted by Gasteiger charge is 1.97. The summed E-state index contributed by atoms with van der Waals surface area (Å²) < 4.78 is 0. The lowest BCUT2D eigenvalue weighted by atomic mass is 10.0. The van der Waals surface area contributed by atoms with Gasteiger partial charge in [0.25, 0.3) is 0 Å². The third-order valence-corrected chi connectivity index (χ3v) is 6.20. The molecule has 0 aromatic heterocycles. The van der Waals surface area contributed by atoms with E-state index in [0.29, 0.717) is 0 Å². The Morgan fingerprint density at radius 1 is 0.581 bits per heavy atom. The minimum Gasteiger partial charge on any atom is -0.256 e. The minimum absolute atomic E-state index is 1.03. The third kappa shape index (κ3) is 12.5. The molecular formula is C30H45N. The Bertz CT molecular complexity index is 696. The molecule has 0 unspecified atom stereocenters. The fourth-order valence-electron chi connectivity index (χ4n) is 4.07. The molecule has 0 atom stereocenters. The zero-order valence-electron chi connectivity index (χ0n) is 20.2. The quantitative estimate of drug-likeness (QED) is 0.179. The number of nitrogens with zero attached hydrogens (tertiary/aromatic N) is 1. The SMILES string of the molecule is CCCCCCCCCCCCCCCCc1ccc(N=Cc2ccc(C)cc2)cc1. The van der Waals surface area contributed by atoms with Gasteiger partial charge < -0.3 is 0 Å². The Labute approximate surface area is 192 Å². The van der Waals surface area contributed by atoms with Gasteiger partial charge in [0.05, 0.1) is 5.69 Å². The summed E-state index contributed by atoms with van der Waals surface area (Å²) in [6.45, 7) is 4.40. The van der Waals surface area contributed by atoms with Crippen LogP contribution in [-0.4, -0.2) is 6.21 Å². The molecule has 1 nitrogen and oxygen atoms in total. The summed E-state index contributed by atoms with van der Waals surface area (Å²) in [7, 11) is 0. The molecule has 0 bridgehead atoms. The predicted octanol–water partition coefficient (Wildman–Crippen LogP) is 9.77. The molecule has 0 saturated heterocycles. The molecule has 2 rings (SSSR count). The average molecular weight is 420 g/mol. The van der Waals surface area contributed by atoms with Crippen molar-refractivity contribution in [2.24, 2.45) is 4.99 Å². The smallest absolute Gasteiger partial charge is 0.0630 e. The van der Waals surface area contributed by atoms with E-state index in [1.807, 2.05) is 6.21 Å². The molecule has 0 aliphatic carbocycles. The van der Waals surface area contributed by atoms with Crippen molar-refractivity contribution in [2.45, 2.75) is 110 Å². The molecule has 0 fully saturated rings. The lowest BCUT2D eigenvalue weighted by Gasteiger charge is -2.04. The first kappa shape index (κ1) is 25.4. The Hall–Kier alpha value is -1.89. The van der Waals surface area contributed by atoms with Crippen molar-refractivity contribution in [1.82, 2.24) is 0 Å². The van der Waals surface area contributed by atoms with Gasteiger partial charge in [-0.2, -0.15) is 0 Å². The van der Waals surface area contributed by atoms with E-state index in [4.69, 9.17) is 0 Å². The van der Waals surface area contributed by atoms with Crippen molar-refractivity contribution >= 4 is 11.9 Å². The first-order valence-corrected chi connectivity index (χ1v) is 13.0. The maximum atomic E-state index is 4.60. The Kier molecular flexibility index (Phi) is 13.7. The van der Waals surface area contributed by atoms with Crippen molar-refractivity contribution in [3.8, 4) is 0 Å². The summed E-state index contributed by atoms with van der Waals surface area (Å²) in [5.74, 6) is 0. The van der Waals surface area contributed by atoms with Crippen LogP contribution in [0.25, 0.3) is 0 Å². The van der Waals surface area contributed by atoms with E-state index in [0.717, 1.165) is 11.3 Å². The monoisotopic (exact) mass is 419 g/mol. The molecule has 0 amide bonds. The van der Waals surface area contributed by atoms with Crippen LogP contribution in [-0.2, 0) is 6.42 Å². The second kappa shape index (κ2) is 16.8. The number of hydrogen-bond acceptors (Lipinski definition) is 1. The molecule has 1 heteroatoms. The second-order valence-electron chi connectivity index (χ2n) is 9.18. The topological polar surface area (TPSA) is 12.4 Å². The number of aliphatic imine (C=N–C) groups is 1. The fraction of sp³-hybridized carbons (Fsp3) is 0.567. The van der Waals surface area contributed by atoms with E-state index >= 15 is 0 Å². The summed E-state index contributed by atoms with van der Waals surface area (Å²) in [6.07, 6.45) is 23.0. The van der Waals surface area contributed by atoms with E-state index in [-0.39, 0.29) is 0 Å². The Morgan fingerprint density at radius 3 is 1.58 bits per heavy atom. The molecule has 2 aromatic carbocycles. The largest absolute Gasteiger partial charge is 0.256 e. The van der Waals surface area contributed by atoms with E-state index < -0.39 is 0 Å². The van der Waals surface area contributed by atoms with Crippen LogP contribution < -0.4 is 0 Å². The van der Waals surface area contributed by atoms with Crippen LogP contribution in [0.5, 0.6) is 0 Å². The molecular weight excluding hydrogens is 374 g/mol. The van der Waals surface area contributed by atoms with Crippen molar-refractivity contribution in [1.29, 1.82) is 0 Å². The first-order chi connectivity index (χ1) is 15.3. The number of aryl methyl sites for hydroxylation is 2. The molecule has 0 N–H and O–H groups in total. The van der Waals surface area contributed by atoms with Crippen molar-refractivity contribution in [2.75, 3.05) is 0 Å². The van der Waals surface area contributed by atoms with Gasteiger partial charge in [-0.25, -0.2) is 0 Å². The zero-order valence-corrected chi connectivity index (χ0v) is 20.2. The molecule has 0 aliphatic rings. The molecule has 0 aliphatic heterocycles. The maximum absolute atomic E-state index is 4.60. The Balaban J connectivity index is 1.45. The maximum Gasteiger partial charge on any atom is 0.0630 e. The molecule has 2 aromatic rings. The summed E-state index contributed by atoms with van der Waals surface area (Å²) in [5.41, 5.74) is 4.90. The van der Waals surface area contributed by atoms with Gasteiger partial charge in [0, 0.05) is 6.21 Å². The lowest BCUT2D eigenvalue weighted by Crippen LogP contribution is -1.87. The van der Waals surface area contributed by atoms with Crippen molar-refractivity contribution in [3.63, 3.8) is 0 Å². The highest BCUT2D eigenvalue weighted by Crippen LogP contribution is 2.17. The minimum atomic E-state index is 1.03. The summed E-state index contributed by atoms with van der Waals surface area (Å²) >= 11 is 0. The Morgan fingerprint density at radius 2 is 1.06 bits per heavy atom. The predicted molar refractivity (Wildman–Crippen MR) is 139 cm³/mol. The van der Waals surface area contributed by atoms with E-state index in [9.17, 15) is 0 Å². The van der Waals surface area contributed by atoms with Gasteiger partial charge in [-0.15, -0.1) is 0 Å². The highest BCUT2D eigenvalue weighted by atomic mass is 14.7. The van der Waals surface area contributed by atoms with E-state index in [2.05, 4.69) is 67.4 Å². The molecule has 0 spiro atoms. The van der Waals surface area contributed by atoms with Gasteiger partial charge in [0.2, 0.25) is 0 Å². The lowest BCUT2D eigenvalue weighted by molar-refractivity contribution is 0.535. The van der Waals surface area contributed by atoms with Gasteiger partial charge in [-0.05, 0) is 43.0 Å². The van der Waals surface area contributed by atoms with Crippen molar-refractivity contribution < 1.29 is 0 Å². The highest BCUT2D eigenvalue weighted by molar-refractivity contribution is 5.81. The van der Waals surface area contributed by atoms with E-state index in [1.54, 1.807) is 0 Å². The average Bonchev–Trinajstić information content (AvgIpc) is 2.80. The van der Waals surface area contributed by atoms with Gasteiger partial charge in [0.15, 0.2) is 0 Å². The molecule has 31 heavy (non-hydrogen) atoms. The van der Waals surface area contributed by atoms with Gasteiger partial charge in [-0.1, -0.05) is 132 Å². The molecule has 0 heterocycles. The second-order valence-corrected chi connectivity index (χ2v) is 9.18. The van der Waals surface area contributed by atoms with Crippen LogP contribution in [0.2, 0.25) is 0 Å². The number of hydrogen-bond donors (Lipinski definition) is 0. The summed E-state index contributed by atoms with van der Waals surface area (Å²) in [4.78, 5) is 4.60. The first-order valence-electron chi connectivity index (χ1n) is 13.0. The van der Waals surface area contributed by atoms with Crippen LogP contribution in [0.15, 0.2) is 53.5 Å². The molecule has 170 valence electrons.